The van der Waals surface area contributed by atoms with E-state index in [1.807, 2.05) is 0 Å². The quantitative estimate of drug-likeness (QED) is 0.136. The van der Waals surface area contributed by atoms with Crippen LogP contribution in [0.15, 0.2) is 291 Å². The lowest BCUT2D eigenvalue weighted by Gasteiger charge is -2.15. The molecule has 0 saturated heterocycles. The van der Waals surface area contributed by atoms with Crippen LogP contribution in [-0.2, 0) is 0 Å². The Morgan fingerprint density at radius 3 is 1.03 bits per heavy atom. The molecule has 0 saturated carbocycles. The van der Waals surface area contributed by atoms with E-state index in [4.69, 9.17) is 0 Å². The van der Waals surface area contributed by atoms with Gasteiger partial charge in [-0.1, -0.05) is 212 Å². The minimum atomic E-state index is 1.15. The van der Waals surface area contributed by atoms with Crippen LogP contribution in [0.25, 0.3) is 133 Å². The molecule has 2 heteroatoms. The van der Waals surface area contributed by atoms with Gasteiger partial charge in [-0.05, 0) is 151 Å². The van der Waals surface area contributed by atoms with E-state index in [9.17, 15) is 0 Å². The summed E-state index contributed by atoms with van der Waals surface area (Å²) < 4.78 is 4.83. The van der Waals surface area contributed by atoms with E-state index in [2.05, 4.69) is 300 Å². The molecule has 0 radical (unpaired) electrons. The molecule has 14 aromatic rings. The molecular formula is C72H48N2. The van der Waals surface area contributed by atoms with Crippen LogP contribution < -0.4 is 0 Å². The summed E-state index contributed by atoms with van der Waals surface area (Å²) in [6.45, 7) is 0. The smallest absolute Gasteiger partial charge is 0.0541 e. The highest BCUT2D eigenvalue weighted by atomic mass is 15.0. The van der Waals surface area contributed by atoms with E-state index < -0.39 is 0 Å². The van der Waals surface area contributed by atoms with Gasteiger partial charge in [0.2, 0.25) is 0 Å². The first kappa shape index (κ1) is 43.1. The van der Waals surface area contributed by atoms with E-state index in [1.54, 1.807) is 0 Å². The summed E-state index contributed by atoms with van der Waals surface area (Å²) in [7, 11) is 0. The number of hydrogen-bond donors (Lipinski definition) is 0. The van der Waals surface area contributed by atoms with Crippen LogP contribution in [0.1, 0.15) is 0 Å². The molecule has 0 aliphatic carbocycles. The van der Waals surface area contributed by atoms with Crippen molar-refractivity contribution in [3.63, 3.8) is 0 Å². The Balaban J connectivity index is 0.772. The number of aromatic nitrogens is 2. The normalized spacial score (nSPS) is 11.5. The zero-order valence-corrected chi connectivity index (χ0v) is 40.6. The number of hydrogen-bond acceptors (Lipinski definition) is 0. The van der Waals surface area contributed by atoms with Crippen LogP contribution in [0.2, 0.25) is 0 Å². The van der Waals surface area contributed by atoms with Crippen molar-refractivity contribution in [3.05, 3.63) is 291 Å². The third kappa shape index (κ3) is 7.60. The van der Waals surface area contributed by atoms with Gasteiger partial charge in [0.15, 0.2) is 0 Å². The molecule has 14 rings (SSSR count). The zero-order chi connectivity index (χ0) is 49.0. The van der Waals surface area contributed by atoms with Gasteiger partial charge in [0.25, 0.3) is 0 Å². The molecule has 0 aliphatic rings. The van der Waals surface area contributed by atoms with Crippen molar-refractivity contribution >= 4 is 43.6 Å². The maximum atomic E-state index is 2.45. The van der Waals surface area contributed by atoms with Gasteiger partial charge in [0.05, 0.1) is 27.8 Å². The van der Waals surface area contributed by atoms with Crippen molar-refractivity contribution in [2.45, 2.75) is 0 Å². The Morgan fingerprint density at radius 1 is 0.176 bits per heavy atom. The van der Waals surface area contributed by atoms with Crippen molar-refractivity contribution in [2.24, 2.45) is 0 Å². The molecule has 74 heavy (non-hydrogen) atoms. The van der Waals surface area contributed by atoms with Gasteiger partial charge in [-0.2, -0.15) is 0 Å². The summed E-state index contributed by atoms with van der Waals surface area (Å²) in [5, 5.41) is 4.97. The lowest BCUT2D eigenvalue weighted by Crippen LogP contribution is -1.97. The monoisotopic (exact) mass is 940 g/mol. The first-order valence-electron chi connectivity index (χ1n) is 25.5. The molecule has 0 amide bonds. The van der Waals surface area contributed by atoms with Crippen molar-refractivity contribution in [1.82, 2.24) is 9.13 Å². The molecule has 346 valence electrons. The molecule has 12 aromatic carbocycles. The van der Waals surface area contributed by atoms with E-state index in [-0.39, 0.29) is 0 Å². The standard InChI is InChI=1S/C72H48N2/c1-3-17-49(18-4-1)52-19-13-22-55(43-52)57-24-15-25-58(45-57)56-23-14-20-53(44-56)50-35-37-51(38-36-50)54-21-16-26-61(46-54)63-29-7-10-32-68(63)74-70-34-12-9-31-65(70)67-48-60(40-42-72(67)74)59-39-41-71-66(47-59)64-30-8-11-33-69(64)73(71)62-27-5-2-6-28-62/h1-48H. The average Bonchev–Trinajstić information content (AvgIpc) is 4.02. The molecule has 0 fully saturated rings. The molecule has 0 aliphatic heterocycles. The Morgan fingerprint density at radius 2 is 0.500 bits per heavy atom. The fourth-order valence-electron chi connectivity index (χ4n) is 11.3. The van der Waals surface area contributed by atoms with Gasteiger partial charge >= 0.3 is 0 Å². The predicted octanol–water partition coefficient (Wildman–Crippen LogP) is 19.5. The van der Waals surface area contributed by atoms with Crippen molar-refractivity contribution < 1.29 is 0 Å². The van der Waals surface area contributed by atoms with Gasteiger partial charge in [0, 0.05) is 32.8 Å². The van der Waals surface area contributed by atoms with Gasteiger partial charge < -0.3 is 9.13 Å². The number of benzene rings is 12. The van der Waals surface area contributed by atoms with Crippen LogP contribution in [0, 0.1) is 0 Å². The largest absolute Gasteiger partial charge is 0.309 e. The lowest BCUT2D eigenvalue weighted by atomic mass is 9.94. The van der Waals surface area contributed by atoms with Crippen molar-refractivity contribution in [2.75, 3.05) is 0 Å². The number of fused-ring (bicyclic) bond motifs is 6. The highest BCUT2D eigenvalue weighted by molar-refractivity contribution is 6.13. The van der Waals surface area contributed by atoms with Gasteiger partial charge in [0.1, 0.15) is 0 Å². The number of para-hydroxylation sites is 4. The minimum Gasteiger partial charge on any atom is -0.309 e. The van der Waals surface area contributed by atoms with E-state index in [0.29, 0.717) is 0 Å². The molecule has 2 aromatic heterocycles. The fourth-order valence-corrected chi connectivity index (χ4v) is 11.3. The van der Waals surface area contributed by atoms with Gasteiger partial charge in [-0.15, -0.1) is 0 Å². The molecule has 0 N–H and O–H groups in total. The second-order valence-corrected chi connectivity index (χ2v) is 19.3. The highest BCUT2D eigenvalue weighted by Gasteiger charge is 2.18. The molecule has 2 heterocycles. The summed E-state index contributed by atoms with van der Waals surface area (Å²) in [5.41, 5.74) is 23.9. The van der Waals surface area contributed by atoms with E-state index in [1.165, 1.54) is 127 Å². The first-order chi connectivity index (χ1) is 36.7. The first-order valence-corrected chi connectivity index (χ1v) is 25.5. The number of nitrogens with zero attached hydrogens (tertiary/aromatic N) is 2. The lowest BCUT2D eigenvalue weighted by molar-refractivity contribution is 1.18. The predicted molar refractivity (Wildman–Crippen MR) is 313 cm³/mol. The second kappa shape index (κ2) is 18.1. The van der Waals surface area contributed by atoms with E-state index in [0.717, 1.165) is 5.69 Å². The Kier molecular flexibility index (Phi) is 10.6. The van der Waals surface area contributed by atoms with Gasteiger partial charge in [-0.3, -0.25) is 0 Å². The highest BCUT2D eigenvalue weighted by Crippen LogP contribution is 2.41. The van der Waals surface area contributed by atoms with Crippen LogP contribution in [0.4, 0.5) is 0 Å². The second-order valence-electron chi connectivity index (χ2n) is 19.3. The molecular weight excluding hydrogens is 893 g/mol. The van der Waals surface area contributed by atoms with Gasteiger partial charge in [-0.25, -0.2) is 0 Å². The summed E-state index contributed by atoms with van der Waals surface area (Å²) >= 11 is 0. The average molecular weight is 941 g/mol. The third-order valence-corrected chi connectivity index (χ3v) is 14.9. The molecule has 0 unspecified atom stereocenters. The summed E-state index contributed by atoms with van der Waals surface area (Å²) in [5.74, 6) is 0. The van der Waals surface area contributed by atoms with Crippen LogP contribution >= 0.6 is 0 Å². The van der Waals surface area contributed by atoms with E-state index >= 15 is 0 Å². The van der Waals surface area contributed by atoms with Crippen LogP contribution in [0.3, 0.4) is 0 Å². The number of rotatable bonds is 9. The Labute approximate surface area is 431 Å². The molecule has 0 atom stereocenters. The topological polar surface area (TPSA) is 9.86 Å². The molecule has 0 spiro atoms. The van der Waals surface area contributed by atoms with Crippen LogP contribution in [-0.4, -0.2) is 9.13 Å². The SMILES string of the molecule is c1ccc(-c2cccc(-c3cccc(-c4cccc(-c5ccc(-c6cccc(-c7ccccc7-n7c8ccccc8c8cc(-c9ccc%10c(c9)c9ccccc9n%10-c9ccccc9)ccc87)c6)cc5)c4)c3)c2)cc1. The minimum absolute atomic E-state index is 1.15. The third-order valence-electron chi connectivity index (χ3n) is 14.9. The zero-order valence-electron chi connectivity index (χ0n) is 40.6. The van der Waals surface area contributed by atoms with Crippen LogP contribution in [0.5, 0.6) is 0 Å². The summed E-state index contributed by atoms with van der Waals surface area (Å²) in [4.78, 5) is 0. The fraction of sp³-hybridized carbons (Fsp3) is 0. The summed E-state index contributed by atoms with van der Waals surface area (Å²) in [6, 6.07) is 106. The maximum absolute atomic E-state index is 2.45. The maximum Gasteiger partial charge on any atom is 0.0541 e. The Bertz CT molecular complexity index is 4400. The van der Waals surface area contributed by atoms with Crippen molar-refractivity contribution in [3.8, 4) is 89.3 Å². The van der Waals surface area contributed by atoms with Crippen molar-refractivity contribution in [1.29, 1.82) is 0 Å². The Hall–Kier alpha value is -9.76. The molecule has 0 bridgehead atoms. The summed E-state index contributed by atoms with van der Waals surface area (Å²) in [6.07, 6.45) is 0. The molecule has 2 nitrogen and oxygen atoms in total.